The van der Waals surface area contributed by atoms with E-state index in [1.165, 1.54) is 0 Å². The summed E-state index contributed by atoms with van der Waals surface area (Å²) in [4.78, 5) is 23.7. The summed E-state index contributed by atoms with van der Waals surface area (Å²) >= 11 is 12.4. The molecule has 1 amide bonds. The van der Waals surface area contributed by atoms with E-state index >= 15 is 0 Å². The van der Waals surface area contributed by atoms with Crippen LogP contribution in [0.3, 0.4) is 0 Å². The topological polar surface area (TPSA) is 84.9 Å². The Balaban J connectivity index is 2.30. The van der Waals surface area contributed by atoms with Gasteiger partial charge in [-0.15, -0.1) is 0 Å². The highest BCUT2D eigenvalue weighted by Crippen LogP contribution is 2.43. The van der Waals surface area contributed by atoms with Crippen LogP contribution in [-0.4, -0.2) is 36.6 Å². The van der Waals surface area contributed by atoms with E-state index in [2.05, 4.69) is 5.32 Å². The van der Waals surface area contributed by atoms with E-state index in [9.17, 15) is 14.6 Å². The third-order valence-electron chi connectivity index (χ3n) is 3.75. The minimum Gasteiger partial charge on any atom is -0.537 e. The predicted molar refractivity (Wildman–Crippen MR) is 86.4 cm³/mol. The first-order valence-corrected chi connectivity index (χ1v) is 8.22. The Labute approximate surface area is 144 Å². The molecule has 2 atom stereocenters. The van der Waals surface area contributed by atoms with Gasteiger partial charge in [-0.25, -0.2) is 0 Å². The van der Waals surface area contributed by atoms with Gasteiger partial charge >= 0.3 is 13.1 Å². The molecule has 0 aromatic carbocycles. The van der Waals surface area contributed by atoms with Gasteiger partial charge in [0.25, 0.3) is 0 Å². The van der Waals surface area contributed by atoms with Crippen molar-refractivity contribution in [2.75, 3.05) is 6.61 Å². The lowest BCUT2D eigenvalue weighted by Gasteiger charge is -2.35. The van der Waals surface area contributed by atoms with Crippen molar-refractivity contribution < 1.29 is 24.0 Å². The number of nitrogens with one attached hydrogen (secondary N) is 1. The fourth-order valence-electron chi connectivity index (χ4n) is 2.58. The number of halogens is 2. The van der Waals surface area contributed by atoms with Gasteiger partial charge in [0.05, 0.1) is 23.3 Å². The molecule has 0 bridgehead atoms. The Hall–Kier alpha value is -1.18. The quantitative estimate of drug-likeness (QED) is 0.589. The zero-order valence-electron chi connectivity index (χ0n) is 12.9. The van der Waals surface area contributed by atoms with Gasteiger partial charge in [-0.1, -0.05) is 30.1 Å². The first kappa shape index (κ1) is 18.2. The molecule has 2 rings (SSSR count). The summed E-state index contributed by atoms with van der Waals surface area (Å²) < 4.78 is 10.5. The standard InChI is InChI=1S/C14H18BCl2NO5/c1-3-11(19)18-10-6-7-12(17)9(16)5-8(14(20)22-4-2)13(7)23-15(10)21/h8,10,21H,3-6H2,1-2H3,(H,18,19)/t8?,10-/m0/s1. The lowest BCUT2D eigenvalue weighted by atomic mass is 9.70. The second-order valence-corrected chi connectivity index (χ2v) is 6.14. The van der Waals surface area contributed by atoms with Crippen molar-refractivity contribution in [3.05, 3.63) is 21.4 Å². The molecule has 0 spiro atoms. The van der Waals surface area contributed by atoms with Crippen molar-refractivity contribution in [2.45, 2.75) is 39.1 Å². The van der Waals surface area contributed by atoms with Crippen molar-refractivity contribution in [3.8, 4) is 0 Å². The molecule has 1 unspecified atom stereocenters. The van der Waals surface area contributed by atoms with Gasteiger partial charge in [-0.05, 0) is 13.3 Å². The number of carbonyl (C=O) groups excluding carboxylic acids is 2. The average Bonchev–Trinajstić information content (AvgIpc) is 2.52. The highest BCUT2D eigenvalue weighted by atomic mass is 35.5. The smallest absolute Gasteiger partial charge is 0.537 e. The van der Waals surface area contributed by atoms with Gasteiger partial charge in [0.15, 0.2) is 0 Å². The Morgan fingerprint density at radius 1 is 1.39 bits per heavy atom. The van der Waals surface area contributed by atoms with Crippen LogP contribution < -0.4 is 5.32 Å². The monoisotopic (exact) mass is 361 g/mol. The van der Waals surface area contributed by atoms with Crippen molar-refractivity contribution in [1.29, 1.82) is 0 Å². The van der Waals surface area contributed by atoms with Crippen LogP contribution in [0.2, 0.25) is 0 Å². The van der Waals surface area contributed by atoms with Crippen LogP contribution in [0, 0.1) is 5.92 Å². The first-order valence-electron chi connectivity index (χ1n) is 7.47. The Bertz CT molecular complexity index is 578. The normalized spacial score (nSPS) is 24.1. The van der Waals surface area contributed by atoms with Gasteiger partial charge in [0, 0.05) is 23.4 Å². The van der Waals surface area contributed by atoms with Crippen molar-refractivity contribution in [3.63, 3.8) is 0 Å². The van der Waals surface area contributed by atoms with Gasteiger partial charge in [-0.3, -0.25) is 9.59 Å². The number of amides is 1. The van der Waals surface area contributed by atoms with E-state index in [1.54, 1.807) is 13.8 Å². The second-order valence-electron chi connectivity index (χ2n) is 5.31. The SMILES string of the molecule is CCOC(=O)C1CC(Cl)=C(Cl)C2=C1OB(O)[C@@H](NC(=O)CC)C2. The number of ether oxygens (including phenoxy) is 1. The lowest BCUT2D eigenvalue weighted by Crippen LogP contribution is -2.51. The Morgan fingerprint density at radius 2 is 2.09 bits per heavy atom. The molecule has 1 aliphatic carbocycles. The molecule has 0 saturated carbocycles. The maximum absolute atomic E-state index is 12.1. The van der Waals surface area contributed by atoms with Gasteiger partial charge < -0.3 is 19.7 Å². The van der Waals surface area contributed by atoms with Gasteiger partial charge in [0.2, 0.25) is 5.91 Å². The van der Waals surface area contributed by atoms with Crippen LogP contribution in [0.5, 0.6) is 0 Å². The Kier molecular flexibility index (Phi) is 6.00. The minimum absolute atomic E-state index is 0.163. The molecule has 1 aliphatic heterocycles. The molecule has 0 saturated heterocycles. The molecule has 0 fully saturated rings. The molecule has 0 radical (unpaired) electrons. The van der Waals surface area contributed by atoms with Crippen molar-refractivity contribution in [1.82, 2.24) is 5.32 Å². The summed E-state index contributed by atoms with van der Waals surface area (Å²) in [5.74, 6) is -1.82. The van der Waals surface area contributed by atoms with Crippen molar-refractivity contribution in [2.24, 2.45) is 5.92 Å². The molecule has 0 aromatic rings. The first-order chi connectivity index (χ1) is 10.9. The molecule has 2 aliphatic rings. The van der Waals surface area contributed by atoms with Crippen LogP contribution in [0.4, 0.5) is 0 Å². The summed E-state index contributed by atoms with van der Waals surface area (Å²) in [5, 5.41) is 13.4. The zero-order valence-corrected chi connectivity index (χ0v) is 14.4. The van der Waals surface area contributed by atoms with E-state index in [4.69, 9.17) is 32.6 Å². The summed E-state index contributed by atoms with van der Waals surface area (Å²) in [5.41, 5.74) is 0.521. The van der Waals surface area contributed by atoms with Crippen LogP contribution >= 0.6 is 23.2 Å². The summed E-state index contributed by atoms with van der Waals surface area (Å²) in [7, 11) is -1.26. The average molecular weight is 362 g/mol. The van der Waals surface area contributed by atoms with E-state index < -0.39 is 24.9 Å². The molecular weight excluding hydrogens is 344 g/mol. The molecule has 1 heterocycles. The maximum atomic E-state index is 12.1. The summed E-state index contributed by atoms with van der Waals surface area (Å²) in [6.07, 6.45) is 0.675. The molecule has 0 aromatic heterocycles. The molecule has 126 valence electrons. The maximum Gasteiger partial charge on any atom is 0.546 e. The largest absolute Gasteiger partial charge is 0.546 e. The number of carbonyl (C=O) groups is 2. The number of hydrogen-bond donors (Lipinski definition) is 2. The van der Waals surface area contributed by atoms with Crippen LogP contribution in [-0.2, 0) is 19.0 Å². The number of hydrogen-bond acceptors (Lipinski definition) is 5. The van der Waals surface area contributed by atoms with Gasteiger partial charge in [0.1, 0.15) is 5.92 Å². The van der Waals surface area contributed by atoms with Crippen LogP contribution in [0.1, 0.15) is 33.1 Å². The number of rotatable bonds is 4. The number of esters is 1. The zero-order chi connectivity index (χ0) is 17.1. The highest BCUT2D eigenvalue weighted by molar-refractivity contribution is 6.47. The van der Waals surface area contributed by atoms with E-state index in [0.717, 1.165) is 0 Å². The molecule has 9 heteroatoms. The van der Waals surface area contributed by atoms with Gasteiger partial charge in [-0.2, -0.15) is 0 Å². The second kappa shape index (κ2) is 7.60. The van der Waals surface area contributed by atoms with E-state index in [0.29, 0.717) is 15.6 Å². The Morgan fingerprint density at radius 3 is 2.70 bits per heavy atom. The molecule has 6 nitrogen and oxygen atoms in total. The highest BCUT2D eigenvalue weighted by Gasteiger charge is 2.44. The third kappa shape index (κ3) is 3.84. The lowest BCUT2D eigenvalue weighted by molar-refractivity contribution is -0.147. The third-order valence-corrected chi connectivity index (χ3v) is 4.65. The van der Waals surface area contributed by atoms with E-state index in [1.807, 2.05) is 0 Å². The molecule has 23 heavy (non-hydrogen) atoms. The number of allylic oxidation sites excluding steroid dienone is 2. The fraction of sp³-hybridized carbons (Fsp3) is 0.571. The fourth-order valence-corrected chi connectivity index (χ4v) is 3.10. The van der Waals surface area contributed by atoms with Crippen LogP contribution in [0.15, 0.2) is 21.4 Å². The predicted octanol–water partition coefficient (Wildman–Crippen LogP) is 1.85. The van der Waals surface area contributed by atoms with Crippen LogP contribution in [0.25, 0.3) is 0 Å². The summed E-state index contributed by atoms with van der Waals surface area (Å²) in [6.45, 7) is 3.63. The summed E-state index contributed by atoms with van der Waals surface area (Å²) in [6, 6.07) is 0. The molecule has 2 N–H and O–H groups in total. The minimum atomic E-state index is -1.26. The van der Waals surface area contributed by atoms with E-state index in [-0.39, 0.29) is 37.5 Å². The molecular formula is C14H18BCl2NO5. The van der Waals surface area contributed by atoms with Crippen molar-refractivity contribution >= 4 is 42.2 Å².